The Morgan fingerprint density at radius 3 is 2.68 bits per heavy atom. The van der Waals surface area contributed by atoms with Crippen molar-refractivity contribution >= 4 is 34.2 Å². The topological polar surface area (TPSA) is 27.1 Å². The molecule has 1 aromatic heterocycles. The van der Waals surface area contributed by atoms with Crippen LogP contribution in [0.3, 0.4) is 0 Å². The molecular formula is C14H18Cl2N2O. The summed E-state index contributed by atoms with van der Waals surface area (Å²) in [7, 11) is 1.70. The van der Waals surface area contributed by atoms with Crippen molar-refractivity contribution in [1.29, 1.82) is 0 Å². The Labute approximate surface area is 123 Å². The van der Waals surface area contributed by atoms with Gasteiger partial charge in [0.25, 0.3) is 0 Å². The fourth-order valence-corrected chi connectivity index (χ4v) is 2.36. The standard InChI is InChI=1S/C14H18Cl2N2O/c1-9(15)13-17-11-6-5-10(16)7-12(11)18(13)8-14(2,3)19-4/h5-7,9H,8H2,1-4H3. The Morgan fingerprint density at radius 2 is 2.11 bits per heavy atom. The van der Waals surface area contributed by atoms with Gasteiger partial charge in [-0.2, -0.15) is 0 Å². The maximum atomic E-state index is 6.23. The van der Waals surface area contributed by atoms with Gasteiger partial charge < -0.3 is 9.30 Å². The fraction of sp³-hybridized carbons (Fsp3) is 0.500. The second-order valence-corrected chi connectivity index (χ2v) is 6.36. The van der Waals surface area contributed by atoms with Crippen molar-refractivity contribution < 1.29 is 4.74 Å². The molecule has 0 N–H and O–H groups in total. The van der Waals surface area contributed by atoms with Gasteiger partial charge in [-0.25, -0.2) is 4.98 Å². The lowest BCUT2D eigenvalue weighted by molar-refractivity contribution is 0.00842. The number of imidazole rings is 1. The summed E-state index contributed by atoms with van der Waals surface area (Å²) in [6, 6.07) is 5.67. The van der Waals surface area contributed by atoms with Gasteiger partial charge in [0, 0.05) is 12.1 Å². The predicted octanol–water partition coefficient (Wildman–Crippen LogP) is 4.41. The molecule has 1 heterocycles. The summed E-state index contributed by atoms with van der Waals surface area (Å²) < 4.78 is 7.59. The first kappa shape index (κ1) is 14.6. The highest BCUT2D eigenvalue weighted by Crippen LogP contribution is 2.28. The van der Waals surface area contributed by atoms with E-state index in [9.17, 15) is 0 Å². The second kappa shape index (κ2) is 5.31. The van der Waals surface area contributed by atoms with Gasteiger partial charge in [-0.1, -0.05) is 11.6 Å². The number of benzene rings is 1. The molecular weight excluding hydrogens is 283 g/mol. The highest BCUT2D eigenvalue weighted by Gasteiger charge is 2.23. The molecule has 0 aliphatic carbocycles. The molecule has 104 valence electrons. The Morgan fingerprint density at radius 1 is 1.42 bits per heavy atom. The first-order chi connectivity index (χ1) is 8.84. The van der Waals surface area contributed by atoms with Crippen LogP contribution in [0.15, 0.2) is 18.2 Å². The molecule has 0 radical (unpaired) electrons. The van der Waals surface area contributed by atoms with E-state index in [0.717, 1.165) is 16.9 Å². The van der Waals surface area contributed by atoms with Gasteiger partial charge in [-0.05, 0) is 39.0 Å². The summed E-state index contributed by atoms with van der Waals surface area (Å²) in [6.45, 7) is 6.66. The molecule has 1 atom stereocenters. The van der Waals surface area contributed by atoms with Crippen LogP contribution in [-0.2, 0) is 11.3 Å². The number of halogens is 2. The van der Waals surface area contributed by atoms with Gasteiger partial charge >= 0.3 is 0 Å². The van der Waals surface area contributed by atoms with E-state index in [2.05, 4.69) is 9.55 Å². The lowest BCUT2D eigenvalue weighted by Gasteiger charge is -2.25. The Bertz CT molecular complexity index is 590. The van der Waals surface area contributed by atoms with Gasteiger partial charge in [0.05, 0.1) is 28.6 Å². The molecule has 0 amide bonds. The van der Waals surface area contributed by atoms with E-state index in [1.807, 2.05) is 39.0 Å². The molecule has 0 saturated heterocycles. The summed E-state index contributed by atoms with van der Waals surface area (Å²) in [6.07, 6.45) is 0. The van der Waals surface area contributed by atoms with Gasteiger partial charge in [-0.3, -0.25) is 0 Å². The molecule has 3 nitrogen and oxygen atoms in total. The molecule has 0 aliphatic rings. The lowest BCUT2D eigenvalue weighted by atomic mass is 10.1. The molecule has 1 unspecified atom stereocenters. The molecule has 2 aromatic rings. The first-order valence-electron chi connectivity index (χ1n) is 6.19. The minimum atomic E-state index is -0.295. The maximum Gasteiger partial charge on any atom is 0.127 e. The average Bonchev–Trinajstić information content (AvgIpc) is 2.67. The van der Waals surface area contributed by atoms with Crippen LogP contribution in [0.25, 0.3) is 11.0 Å². The minimum Gasteiger partial charge on any atom is -0.377 e. The molecule has 0 spiro atoms. The Hall–Kier alpha value is -0.770. The third kappa shape index (κ3) is 3.04. The van der Waals surface area contributed by atoms with Crippen LogP contribution in [0, 0.1) is 0 Å². The highest BCUT2D eigenvalue weighted by molar-refractivity contribution is 6.31. The highest BCUT2D eigenvalue weighted by atomic mass is 35.5. The molecule has 1 aromatic carbocycles. The van der Waals surface area contributed by atoms with E-state index in [-0.39, 0.29) is 11.0 Å². The molecule has 0 fully saturated rings. The van der Waals surface area contributed by atoms with Gasteiger partial charge in [-0.15, -0.1) is 11.6 Å². The molecule has 19 heavy (non-hydrogen) atoms. The lowest BCUT2D eigenvalue weighted by Crippen LogP contribution is -2.29. The van der Waals surface area contributed by atoms with E-state index < -0.39 is 0 Å². The number of nitrogens with zero attached hydrogens (tertiary/aromatic N) is 2. The van der Waals surface area contributed by atoms with Crippen LogP contribution in [0.2, 0.25) is 5.02 Å². The fourth-order valence-electron chi connectivity index (χ4n) is 2.03. The Balaban J connectivity index is 2.60. The third-order valence-electron chi connectivity index (χ3n) is 3.19. The zero-order chi connectivity index (χ0) is 14.2. The number of hydrogen-bond acceptors (Lipinski definition) is 2. The van der Waals surface area contributed by atoms with Crippen molar-refractivity contribution in [3.63, 3.8) is 0 Å². The van der Waals surface area contributed by atoms with Crippen molar-refractivity contribution in [2.24, 2.45) is 0 Å². The van der Waals surface area contributed by atoms with Gasteiger partial charge in [0.15, 0.2) is 0 Å². The zero-order valence-corrected chi connectivity index (χ0v) is 13.1. The predicted molar refractivity (Wildman–Crippen MR) is 80.1 cm³/mol. The van der Waals surface area contributed by atoms with E-state index in [1.54, 1.807) is 7.11 Å². The SMILES string of the molecule is COC(C)(C)Cn1c(C(C)Cl)nc2ccc(Cl)cc21. The van der Waals surface area contributed by atoms with Crippen molar-refractivity contribution in [3.05, 3.63) is 29.0 Å². The second-order valence-electron chi connectivity index (χ2n) is 5.27. The van der Waals surface area contributed by atoms with Crippen molar-refractivity contribution in [3.8, 4) is 0 Å². The maximum absolute atomic E-state index is 6.23. The Kier molecular flexibility index (Phi) is 4.09. The molecule has 0 bridgehead atoms. The van der Waals surface area contributed by atoms with Gasteiger partial charge in [0.1, 0.15) is 5.82 Å². The number of fused-ring (bicyclic) bond motifs is 1. The smallest absolute Gasteiger partial charge is 0.127 e. The monoisotopic (exact) mass is 300 g/mol. The summed E-state index contributed by atoms with van der Waals surface area (Å²) in [5, 5.41) is 0.525. The number of alkyl halides is 1. The van der Waals surface area contributed by atoms with Crippen LogP contribution in [0.5, 0.6) is 0 Å². The summed E-state index contributed by atoms with van der Waals surface area (Å²) in [4.78, 5) is 4.59. The quantitative estimate of drug-likeness (QED) is 0.782. The number of rotatable bonds is 4. The number of aromatic nitrogens is 2. The van der Waals surface area contributed by atoms with E-state index >= 15 is 0 Å². The van der Waals surface area contributed by atoms with Crippen molar-refractivity contribution in [2.75, 3.05) is 7.11 Å². The molecule has 2 rings (SSSR count). The van der Waals surface area contributed by atoms with Crippen LogP contribution >= 0.6 is 23.2 Å². The summed E-state index contributed by atoms with van der Waals surface area (Å²) >= 11 is 12.3. The van der Waals surface area contributed by atoms with Crippen LogP contribution in [0.4, 0.5) is 0 Å². The zero-order valence-electron chi connectivity index (χ0n) is 11.6. The van der Waals surface area contributed by atoms with Gasteiger partial charge in [0.2, 0.25) is 0 Å². The molecule has 5 heteroatoms. The minimum absolute atomic E-state index is 0.168. The van der Waals surface area contributed by atoms with Crippen molar-refractivity contribution in [1.82, 2.24) is 9.55 Å². The summed E-state index contributed by atoms with van der Waals surface area (Å²) in [5.41, 5.74) is 1.59. The van der Waals surface area contributed by atoms with Crippen LogP contribution in [-0.4, -0.2) is 22.3 Å². The van der Waals surface area contributed by atoms with Crippen LogP contribution < -0.4 is 0 Å². The number of methoxy groups -OCH3 is 1. The first-order valence-corrected chi connectivity index (χ1v) is 7.00. The van der Waals surface area contributed by atoms with Crippen LogP contribution in [0.1, 0.15) is 32.0 Å². The normalized spacial score (nSPS) is 14.0. The third-order valence-corrected chi connectivity index (χ3v) is 3.62. The largest absolute Gasteiger partial charge is 0.377 e. The van der Waals surface area contributed by atoms with E-state index in [1.165, 1.54) is 0 Å². The van der Waals surface area contributed by atoms with Crippen molar-refractivity contribution in [2.45, 2.75) is 38.3 Å². The number of hydrogen-bond donors (Lipinski definition) is 0. The average molecular weight is 301 g/mol. The summed E-state index contributed by atoms with van der Waals surface area (Å²) in [5.74, 6) is 0.837. The van der Waals surface area contributed by atoms with E-state index in [0.29, 0.717) is 11.6 Å². The molecule has 0 aliphatic heterocycles. The van der Waals surface area contributed by atoms with E-state index in [4.69, 9.17) is 27.9 Å². The molecule has 0 saturated carbocycles. The number of ether oxygens (including phenoxy) is 1.